The number of benzene rings is 1. The minimum Gasteiger partial charge on any atom is -0.370 e. The summed E-state index contributed by atoms with van der Waals surface area (Å²) >= 11 is 0. The number of piperidine rings is 1. The number of para-hydroxylation sites is 1. The van der Waals surface area contributed by atoms with E-state index < -0.39 is 0 Å². The molecular weight excluding hydrogens is 276 g/mol. The smallest absolute Gasteiger partial charge is 0.217 e. The number of amides is 1. The summed E-state index contributed by atoms with van der Waals surface area (Å²) in [5.41, 5.74) is 7.67. The SMILES string of the molecule is CCn1nc(CN2CCC(CC(N)=O)CC2)c2ccccc21. The topological polar surface area (TPSA) is 64.2 Å². The molecule has 2 N–H and O–H groups in total. The second kappa shape index (κ2) is 6.48. The Bertz CT molecular complexity index is 656. The lowest BCUT2D eigenvalue weighted by Crippen LogP contribution is -2.34. The average Bonchev–Trinajstić information content (AvgIpc) is 2.87. The van der Waals surface area contributed by atoms with Crippen LogP contribution in [0, 0.1) is 5.92 Å². The molecule has 1 fully saturated rings. The van der Waals surface area contributed by atoms with Crippen LogP contribution in [-0.4, -0.2) is 33.7 Å². The lowest BCUT2D eigenvalue weighted by molar-refractivity contribution is -0.119. The third kappa shape index (κ3) is 3.14. The highest BCUT2D eigenvalue weighted by Gasteiger charge is 2.22. The van der Waals surface area contributed by atoms with Crippen LogP contribution in [0.4, 0.5) is 0 Å². The van der Waals surface area contributed by atoms with Crippen molar-refractivity contribution in [2.75, 3.05) is 13.1 Å². The van der Waals surface area contributed by atoms with Crippen molar-refractivity contribution in [2.45, 2.75) is 39.3 Å². The third-order valence-electron chi connectivity index (χ3n) is 4.60. The molecule has 1 saturated heterocycles. The molecule has 118 valence electrons. The molecule has 1 aliphatic heterocycles. The molecule has 0 saturated carbocycles. The van der Waals surface area contributed by atoms with Crippen molar-refractivity contribution in [2.24, 2.45) is 11.7 Å². The molecule has 0 aliphatic carbocycles. The summed E-state index contributed by atoms with van der Waals surface area (Å²) in [7, 11) is 0. The number of nitrogens with zero attached hydrogens (tertiary/aromatic N) is 3. The molecule has 3 rings (SSSR count). The molecule has 1 amide bonds. The van der Waals surface area contributed by atoms with Gasteiger partial charge >= 0.3 is 0 Å². The van der Waals surface area contributed by atoms with Crippen LogP contribution in [0.3, 0.4) is 0 Å². The lowest BCUT2D eigenvalue weighted by atomic mass is 9.93. The Morgan fingerprint density at radius 3 is 2.73 bits per heavy atom. The Kier molecular flexibility index (Phi) is 4.43. The predicted octanol–water partition coefficient (Wildman–Crippen LogP) is 2.14. The van der Waals surface area contributed by atoms with E-state index in [4.69, 9.17) is 10.8 Å². The molecule has 0 bridgehead atoms. The number of likely N-dealkylation sites (tertiary alicyclic amines) is 1. The van der Waals surface area contributed by atoms with E-state index in [1.807, 2.05) is 0 Å². The van der Waals surface area contributed by atoms with Gasteiger partial charge in [-0.2, -0.15) is 5.10 Å². The largest absolute Gasteiger partial charge is 0.370 e. The van der Waals surface area contributed by atoms with Gasteiger partial charge in [-0.15, -0.1) is 0 Å². The maximum atomic E-state index is 11.0. The van der Waals surface area contributed by atoms with Crippen molar-refractivity contribution in [1.29, 1.82) is 0 Å². The molecular formula is C17H24N4O. The third-order valence-corrected chi connectivity index (χ3v) is 4.60. The van der Waals surface area contributed by atoms with E-state index in [-0.39, 0.29) is 5.91 Å². The summed E-state index contributed by atoms with van der Waals surface area (Å²) < 4.78 is 2.07. The first-order valence-electron chi connectivity index (χ1n) is 8.12. The maximum Gasteiger partial charge on any atom is 0.217 e. The Hall–Kier alpha value is -1.88. The highest BCUT2D eigenvalue weighted by atomic mass is 16.1. The van der Waals surface area contributed by atoms with Crippen LogP contribution in [0.25, 0.3) is 10.9 Å². The van der Waals surface area contributed by atoms with Crippen LogP contribution < -0.4 is 5.73 Å². The number of carbonyl (C=O) groups is 1. The summed E-state index contributed by atoms with van der Waals surface area (Å²) in [6.07, 6.45) is 2.63. The normalized spacial score (nSPS) is 17.1. The number of rotatable bonds is 5. The van der Waals surface area contributed by atoms with E-state index in [0.29, 0.717) is 12.3 Å². The molecule has 2 heterocycles. The van der Waals surface area contributed by atoms with E-state index in [2.05, 4.69) is 40.8 Å². The molecule has 0 atom stereocenters. The number of aryl methyl sites for hydroxylation is 1. The summed E-state index contributed by atoms with van der Waals surface area (Å²) in [4.78, 5) is 13.5. The molecule has 5 heteroatoms. The van der Waals surface area contributed by atoms with Gasteiger partial charge in [0.25, 0.3) is 0 Å². The quantitative estimate of drug-likeness (QED) is 0.920. The van der Waals surface area contributed by atoms with Crippen molar-refractivity contribution < 1.29 is 4.79 Å². The Morgan fingerprint density at radius 2 is 2.05 bits per heavy atom. The number of hydrogen-bond acceptors (Lipinski definition) is 3. The fraction of sp³-hybridized carbons (Fsp3) is 0.529. The molecule has 1 aliphatic rings. The number of primary amides is 1. The van der Waals surface area contributed by atoms with Crippen molar-refractivity contribution in [3.05, 3.63) is 30.0 Å². The van der Waals surface area contributed by atoms with E-state index in [1.54, 1.807) is 0 Å². The van der Waals surface area contributed by atoms with Gasteiger partial charge in [0, 0.05) is 24.9 Å². The van der Waals surface area contributed by atoms with Crippen molar-refractivity contribution in [1.82, 2.24) is 14.7 Å². The molecule has 0 radical (unpaired) electrons. The van der Waals surface area contributed by atoms with Crippen LogP contribution in [0.2, 0.25) is 0 Å². The Labute approximate surface area is 131 Å². The fourth-order valence-electron chi connectivity index (χ4n) is 3.40. The summed E-state index contributed by atoms with van der Waals surface area (Å²) in [6.45, 7) is 5.94. The molecule has 5 nitrogen and oxygen atoms in total. The minimum absolute atomic E-state index is 0.175. The molecule has 1 aromatic heterocycles. The van der Waals surface area contributed by atoms with Gasteiger partial charge in [-0.05, 0) is 44.8 Å². The van der Waals surface area contributed by atoms with Crippen LogP contribution >= 0.6 is 0 Å². The lowest BCUT2D eigenvalue weighted by Gasteiger charge is -2.30. The number of nitrogens with two attached hydrogens (primary N) is 1. The van der Waals surface area contributed by atoms with E-state index >= 15 is 0 Å². The van der Waals surface area contributed by atoms with Gasteiger partial charge in [-0.25, -0.2) is 0 Å². The standard InChI is InChI=1S/C17H24N4O/c1-2-21-16-6-4-3-5-14(16)15(19-21)12-20-9-7-13(8-10-20)11-17(18)22/h3-6,13H,2,7-12H2,1H3,(H2,18,22). The van der Waals surface area contributed by atoms with Crippen LogP contribution in [0.1, 0.15) is 31.9 Å². The van der Waals surface area contributed by atoms with Crippen molar-refractivity contribution in [3.63, 3.8) is 0 Å². The highest BCUT2D eigenvalue weighted by Crippen LogP contribution is 2.24. The molecule has 0 unspecified atom stereocenters. The Morgan fingerprint density at radius 1 is 1.32 bits per heavy atom. The van der Waals surface area contributed by atoms with E-state index in [1.165, 1.54) is 10.9 Å². The molecule has 2 aromatic rings. The van der Waals surface area contributed by atoms with Crippen molar-refractivity contribution >= 4 is 16.8 Å². The predicted molar refractivity (Wildman–Crippen MR) is 87.2 cm³/mol. The van der Waals surface area contributed by atoms with Gasteiger partial charge in [0.2, 0.25) is 5.91 Å². The van der Waals surface area contributed by atoms with Gasteiger partial charge < -0.3 is 5.73 Å². The second-order valence-electron chi connectivity index (χ2n) is 6.17. The fourth-order valence-corrected chi connectivity index (χ4v) is 3.40. The van der Waals surface area contributed by atoms with Gasteiger partial charge in [0.15, 0.2) is 0 Å². The Balaban J connectivity index is 1.68. The highest BCUT2D eigenvalue weighted by molar-refractivity contribution is 5.81. The van der Waals surface area contributed by atoms with Crippen LogP contribution in [-0.2, 0) is 17.9 Å². The zero-order valence-electron chi connectivity index (χ0n) is 13.2. The summed E-state index contributed by atoms with van der Waals surface area (Å²) in [5, 5.41) is 6.02. The van der Waals surface area contributed by atoms with E-state index in [0.717, 1.165) is 44.7 Å². The van der Waals surface area contributed by atoms with Gasteiger partial charge in [0.1, 0.15) is 0 Å². The zero-order chi connectivity index (χ0) is 15.5. The van der Waals surface area contributed by atoms with E-state index in [9.17, 15) is 4.79 Å². The zero-order valence-corrected chi connectivity index (χ0v) is 13.2. The minimum atomic E-state index is -0.175. The monoisotopic (exact) mass is 300 g/mol. The average molecular weight is 300 g/mol. The first kappa shape index (κ1) is 15.0. The maximum absolute atomic E-state index is 11.0. The number of fused-ring (bicyclic) bond motifs is 1. The van der Waals surface area contributed by atoms with Gasteiger partial charge in [-0.1, -0.05) is 18.2 Å². The molecule has 0 spiro atoms. The summed E-state index contributed by atoms with van der Waals surface area (Å²) in [6, 6.07) is 8.43. The van der Waals surface area contributed by atoms with Crippen LogP contribution in [0.15, 0.2) is 24.3 Å². The van der Waals surface area contributed by atoms with Gasteiger partial charge in [-0.3, -0.25) is 14.4 Å². The molecule has 22 heavy (non-hydrogen) atoms. The van der Waals surface area contributed by atoms with Gasteiger partial charge in [0.05, 0.1) is 11.2 Å². The summed E-state index contributed by atoms with van der Waals surface area (Å²) in [5.74, 6) is 0.282. The number of hydrogen-bond donors (Lipinski definition) is 1. The molecule has 1 aromatic carbocycles. The van der Waals surface area contributed by atoms with Crippen LogP contribution in [0.5, 0.6) is 0 Å². The first-order chi connectivity index (χ1) is 10.7. The second-order valence-corrected chi connectivity index (χ2v) is 6.17. The first-order valence-corrected chi connectivity index (χ1v) is 8.12. The number of carbonyl (C=O) groups excluding carboxylic acids is 1. The number of aromatic nitrogens is 2. The van der Waals surface area contributed by atoms with Crippen molar-refractivity contribution in [3.8, 4) is 0 Å².